The lowest BCUT2D eigenvalue weighted by atomic mass is 9.88. The Hall–Kier alpha value is -2.86. The van der Waals surface area contributed by atoms with Gasteiger partial charge in [-0.25, -0.2) is 9.18 Å². The molecule has 0 saturated carbocycles. The van der Waals surface area contributed by atoms with E-state index in [-0.39, 0.29) is 17.9 Å². The third kappa shape index (κ3) is 3.66. The number of carbonyl (C=O) groups is 1. The van der Waals surface area contributed by atoms with Gasteiger partial charge in [0.05, 0.1) is 13.2 Å². The summed E-state index contributed by atoms with van der Waals surface area (Å²) >= 11 is 1.85. The molecule has 32 heavy (non-hydrogen) atoms. The van der Waals surface area contributed by atoms with E-state index < -0.39 is 0 Å². The van der Waals surface area contributed by atoms with Crippen LogP contribution in [0.25, 0.3) is 0 Å². The maximum absolute atomic E-state index is 14.1. The van der Waals surface area contributed by atoms with Crippen molar-refractivity contribution in [2.24, 2.45) is 0 Å². The number of methoxy groups -OCH3 is 1. The number of fused-ring (bicyclic) bond motifs is 3. The molecular formula is C26H27FN2O2S. The molecule has 1 aliphatic heterocycles. The van der Waals surface area contributed by atoms with Crippen LogP contribution in [-0.4, -0.2) is 24.6 Å². The minimum absolute atomic E-state index is 0.221. The predicted octanol–water partition coefficient (Wildman–Crippen LogP) is 6.26. The standard InChI is InChI=1S/C26H27FN2O2S/c1-16-11-12-17(15-21(16)27)28-26(30)29-14-13-19-18-7-4-6-10-23(18)32-25(19)24(29)20-8-3-5-9-22(20)31-2/h3,5,8-9,11-12,15,24H,4,6-7,10,13-14H2,1-2H3,(H,28,30). The monoisotopic (exact) mass is 450 g/mol. The second-order valence-corrected chi connectivity index (χ2v) is 9.67. The van der Waals surface area contributed by atoms with E-state index in [1.807, 2.05) is 40.5 Å². The van der Waals surface area contributed by atoms with Crippen molar-refractivity contribution >= 4 is 23.1 Å². The molecule has 5 rings (SSSR count). The minimum Gasteiger partial charge on any atom is -0.496 e. The molecule has 2 aromatic carbocycles. The number of hydrogen-bond donors (Lipinski definition) is 1. The molecule has 6 heteroatoms. The number of nitrogens with zero attached hydrogens (tertiary/aromatic N) is 1. The Balaban J connectivity index is 1.56. The average molecular weight is 451 g/mol. The van der Waals surface area contributed by atoms with Crippen LogP contribution >= 0.6 is 11.3 Å². The van der Waals surface area contributed by atoms with E-state index in [2.05, 4.69) is 5.32 Å². The Kier molecular flexibility index (Phi) is 5.64. The van der Waals surface area contributed by atoms with Gasteiger partial charge >= 0.3 is 6.03 Å². The smallest absolute Gasteiger partial charge is 0.322 e. The topological polar surface area (TPSA) is 41.6 Å². The summed E-state index contributed by atoms with van der Waals surface area (Å²) in [5.74, 6) is 0.451. The number of urea groups is 1. The van der Waals surface area contributed by atoms with Crippen LogP contribution in [-0.2, 0) is 19.3 Å². The second-order valence-electron chi connectivity index (χ2n) is 8.54. The quantitative estimate of drug-likeness (QED) is 0.511. The molecule has 1 aliphatic carbocycles. The van der Waals surface area contributed by atoms with Crippen molar-refractivity contribution in [3.8, 4) is 5.75 Å². The van der Waals surface area contributed by atoms with E-state index in [0.29, 0.717) is 17.8 Å². The van der Waals surface area contributed by atoms with Crippen LogP contribution in [0.5, 0.6) is 5.75 Å². The summed E-state index contributed by atoms with van der Waals surface area (Å²) in [4.78, 5) is 18.1. The Bertz CT molecular complexity index is 1170. The Morgan fingerprint density at radius 3 is 2.75 bits per heavy atom. The van der Waals surface area contributed by atoms with Gasteiger partial charge < -0.3 is 15.0 Å². The summed E-state index contributed by atoms with van der Waals surface area (Å²) in [6.45, 7) is 2.32. The number of benzene rings is 2. The molecule has 1 aromatic heterocycles. The van der Waals surface area contributed by atoms with Crippen molar-refractivity contribution in [1.82, 2.24) is 4.90 Å². The summed E-state index contributed by atoms with van der Waals surface area (Å²) in [7, 11) is 1.67. The number of anilines is 1. The Morgan fingerprint density at radius 2 is 1.94 bits per heavy atom. The fourth-order valence-electron chi connectivity index (χ4n) is 4.94. The highest BCUT2D eigenvalue weighted by molar-refractivity contribution is 7.12. The first-order valence-corrected chi connectivity index (χ1v) is 12.0. The first kappa shape index (κ1) is 21.0. The van der Waals surface area contributed by atoms with Gasteiger partial charge in [0.15, 0.2) is 0 Å². The molecule has 0 fully saturated rings. The molecule has 1 N–H and O–H groups in total. The second kappa shape index (κ2) is 8.58. The number of nitrogens with one attached hydrogen (secondary N) is 1. The molecule has 0 bridgehead atoms. The molecule has 2 amide bonds. The predicted molar refractivity (Wildman–Crippen MR) is 126 cm³/mol. The molecule has 1 unspecified atom stereocenters. The van der Waals surface area contributed by atoms with E-state index in [0.717, 1.165) is 30.6 Å². The lowest BCUT2D eigenvalue weighted by Crippen LogP contribution is -2.42. The molecule has 2 heterocycles. The van der Waals surface area contributed by atoms with Crippen LogP contribution in [0.1, 0.15) is 50.9 Å². The first-order valence-electron chi connectivity index (χ1n) is 11.2. The van der Waals surface area contributed by atoms with Gasteiger partial charge in [-0.15, -0.1) is 11.3 Å². The molecule has 4 nitrogen and oxygen atoms in total. The number of hydrogen-bond acceptors (Lipinski definition) is 3. The lowest BCUT2D eigenvalue weighted by molar-refractivity contribution is 0.194. The third-order valence-corrected chi connectivity index (χ3v) is 7.98. The fraction of sp³-hybridized carbons (Fsp3) is 0.346. The summed E-state index contributed by atoms with van der Waals surface area (Å²) in [6.07, 6.45) is 5.57. The van der Waals surface area contributed by atoms with Gasteiger partial charge in [0.2, 0.25) is 0 Å². The van der Waals surface area contributed by atoms with Crippen molar-refractivity contribution in [1.29, 1.82) is 0 Å². The first-order chi connectivity index (χ1) is 15.6. The van der Waals surface area contributed by atoms with Gasteiger partial charge in [-0.2, -0.15) is 0 Å². The Labute approximate surface area is 192 Å². The number of thiophene rings is 1. The van der Waals surface area contributed by atoms with Crippen LogP contribution < -0.4 is 10.1 Å². The van der Waals surface area contributed by atoms with Crippen molar-refractivity contribution in [2.45, 2.75) is 45.1 Å². The maximum Gasteiger partial charge on any atom is 0.322 e. The van der Waals surface area contributed by atoms with Crippen LogP contribution in [0.3, 0.4) is 0 Å². The largest absolute Gasteiger partial charge is 0.496 e. The van der Waals surface area contributed by atoms with E-state index in [1.165, 1.54) is 39.8 Å². The van der Waals surface area contributed by atoms with Crippen molar-refractivity contribution in [3.63, 3.8) is 0 Å². The summed E-state index contributed by atoms with van der Waals surface area (Å²) < 4.78 is 19.7. The third-order valence-electron chi connectivity index (χ3n) is 6.59. The van der Waals surface area contributed by atoms with Gasteiger partial charge in [-0.1, -0.05) is 24.3 Å². The molecule has 2 aliphatic rings. The minimum atomic E-state index is -0.323. The number of ether oxygens (including phenoxy) is 1. The normalized spacial score (nSPS) is 17.5. The highest BCUT2D eigenvalue weighted by Crippen LogP contribution is 2.46. The molecule has 166 valence electrons. The number of rotatable bonds is 3. The molecule has 0 spiro atoms. The van der Waals surface area contributed by atoms with Gasteiger partial charge in [0.25, 0.3) is 0 Å². The van der Waals surface area contributed by atoms with Crippen molar-refractivity contribution in [2.75, 3.05) is 19.0 Å². The maximum atomic E-state index is 14.1. The van der Waals surface area contributed by atoms with Gasteiger partial charge in [-0.3, -0.25) is 0 Å². The molecular weight excluding hydrogens is 423 g/mol. The van der Waals surface area contributed by atoms with E-state index in [9.17, 15) is 9.18 Å². The lowest BCUT2D eigenvalue weighted by Gasteiger charge is -2.37. The van der Waals surface area contributed by atoms with E-state index in [4.69, 9.17) is 4.74 Å². The van der Waals surface area contributed by atoms with Gasteiger partial charge in [0.1, 0.15) is 11.6 Å². The zero-order valence-electron chi connectivity index (χ0n) is 18.4. The molecule has 3 aromatic rings. The number of para-hydroxylation sites is 1. The van der Waals surface area contributed by atoms with Crippen LogP contribution in [0, 0.1) is 12.7 Å². The average Bonchev–Trinajstić information content (AvgIpc) is 3.19. The van der Waals surface area contributed by atoms with Crippen LogP contribution in [0.4, 0.5) is 14.9 Å². The zero-order valence-corrected chi connectivity index (χ0v) is 19.2. The molecule has 1 atom stereocenters. The Morgan fingerprint density at radius 1 is 1.12 bits per heavy atom. The SMILES string of the molecule is COc1ccccc1C1c2sc3c(c2CCN1C(=O)Nc1ccc(C)c(F)c1)CCCC3. The van der Waals surface area contributed by atoms with Gasteiger partial charge in [-0.05, 0) is 73.9 Å². The van der Waals surface area contributed by atoms with Crippen LogP contribution in [0.15, 0.2) is 42.5 Å². The van der Waals surface area contributed by atoms with E-state index in [1.54, 1.807) is 26.2 Å². The number of amides is 2. The molecule has 0 saturated heterocycles. The highest BCUT2D eigenvalue weighted by atomic mass is 32.1. The summed E-state index contributed by atoms with van der Waals surface area (Å²) in [6, 6.07) is 12.3. The number of halogens is 1. The molecule has 0 radical (unpaired) electrons. The highest BCUT2D eigenvalue weighted by Gasteiger charge is 2.37. The van der Waals surface area contributed by atoms with E-state index >= 15 is 0 Å². The number of carbonyl (C=O) groups excluding carboxylic acids is 1. The number of aryl methyl sites for hydroxylation is 2. The van der Waals surface area contributed by atoms with Crippen molar-refractivity contribution < 1.29 is 13.9 Å². The fourth-order valence-corrected chi connectivity index (χ4v) is 6.51. The zero-order chi connectivity index (χ0) is 22.2. The summed E-state index contributed by atoms with van der Waals surface area (Å²) in [5.41, 5.74) is 4.94. The van der Waals surface area contributed by atoms with Gasteiger partial charge in [0, 0.05) is 27.5 Å². The van der Waals surface area contributed by atoms with Crippen molar-refractivity contribution in [3.05, 3.63) is 80.3 Å². The van der Waals surface area contributed by atoms with Crippen LogP contribution in [0.2, 0.25) is 0 Å². The summed E-state index contributed by atoms with van der Waals surface area (Å²) in [5, 5.41) is 2.92.